The van der Waals surface area contributed by atoms with Crippen molar-refractivity contribution >= 4 is 6.09 Å². The van der Waals surface area contributed by atoms with Crippen molar-refractivity contribution in [2.75, 3.05) is 33.3 Å². The van der Waals surface area contributed by atoms with Gasteiger partial charge in [-0.1, -0.05) is 12.1 Å². The number of likely N-dealkylation sites (tertiary alicyclic amines) is 1. The summed E-state index contributed by atoms with van der Waals surface area (Å²) in [6.45, 7) is 4.69. The van der Waals surface area contributed by atoms with Crippen molar-refractivity contribution in [3.8, 4) is 5.75 Å². The Labute approximate surface area is 153 Å². The summed E-state index contributed by atoms with van der Waals surface area (Å²) in [7, 11) is 1.80. The Bertz CT molecular complexity index is 747. The summed E-state index contributed by atoms with van der Waals surface area (Å²) in [6.07, 6.45) is 6.17. The van der Waals surface area contributed by atoms with Gasteiger partial charge in [-0.3, -0.25) is 4.90 Å². The number of nitrogens with zero attached hydrogens (tertiary/aromatic N) is 4. The van der Waals surface area contributed by atoms with E-state index in [-0.39, 0.29) is 11.7 Å². The molecule has 1 unspecified atom stereocenters. The molecule has 0 aliphatic carbocycles. The molecule has 2 aliphatic heterocycles. The summed E-state index contributed by atoms with van der Waals surface area (Å²) in [4.78, 5) is 19.7. The van der Waals surface area contributed by atoms with Gasteiger partial charge in [-0.05, 0) is 17.7 Å². The van der Waals surface area contributed by atoms with Crippen LogP contribution in [0.5, 0.6) is 5.75 Å². The number of likely N-dealkylation sites (N-methyl/N-ethyl adjacent to an activating group) is 1. The second-order valence-electron chi connectivity index (χ2n) is 7.16. The van der Waals surface area contributed by atoms with E-state index in [2.05, 4.69) is 22.0 Å². The summed E-state index contributed by atoms with van der Waals surface area (Å²) in [6, 6.07) is 8.23. The first-order valence-corrected chi connectivity index (χ1v) is 8.96. The molecule has 2 saturated heterocycles. The molecular weight excluding hydrogens is 332 g/mol. The van der Waals surface area contributed by atoms with Crippen LogP contribution in [-0.4, -0.2) is 64.3 Å². The van der Waals surface area contributed by atoms with Gasteiger partial charge in [-0.25, -0.2) is 9.78 Å². The summed E-state index contributed by atoms with van der Waals surface area (Å²) in [5.74, 6) is 0.873. The number of benzene rings is 1. The molecule has 1 spiro atoms. The lowest BCUT2D eigenvalue weighted by atomic mass is 10.0. The molecule has 4 rings (SSSR count). The minimum atomic E-state index is -0.317. The number of hydrogen-bond donors (Lipinski definition) is 0. The minimum Gasteiger partial charge on any atom is -0.492 e. The van der Waals surface area contributed by atoms with Gasteiger partial charge in [0, 0.05) is 45.5 Å². The Hall–Kier alpha value is -2.54. The number of amides is 1. The van der Waals surface area contributed by atoms with Crippen LogP contribution in [0.3, 0.4) is 0 Å². The molecule has 26 heavy (non-hydrogen) atoms. The third-order valence-corrected chi connectivity index (χ3v) is 5.04. The molecule has 7 nitrogen and oxygen atoms in total. The predicted molar refractivity (Wildman–Crippen MR) is 95.9 cm³/mol. The summed E-state index contributed by atoms with van der Waals surface area (Å²) in [5, 5.41) is 0. The highest BCUT2D eigenvalue weighted by Gasteiger charge is 2.48. The topological polar surface area (TPSA) is 59.8 Å². The van der Waals surface area contributed by atoms with Crippen molar-refractivity contribution < 1.29 is 14.3 Å². The Morgan fingerprint density at radius 3 is 2.81 bits per heavy atom. The summed E-state index contributed by atoms with van der Waals surface area (Å²) >= 11 is 0. The Morgan fingerprint density at radius 2 is 2.12 bits per heavy atom. The van der Waals surface area contributed by atoms with Gasteiger partial charge < -0.3 is 18.9 Å². The van der Waals surface area contributed by atoms with Gasteiger partial charge in [0.15, 0.2) is 0 Å². The lowest BCUT2D eigenvalue weighted by molar-refractivity contribution is 0.0627. The van der Waals surface area contributed by atoms with Crippen LogP contribution in [0.1, 0.15) is 12.0 Å². The minimum absolute atomic E-state index is 0.205. The van der Waals surface area contributed by atoms with Crippen LogP contribution in [-0.2, 0) is 17.8 Å². The molecule has 1 amide bonds. The van der Waals surface area contributed by atoms with Gasteiger partial charge in [0.1, 0.15) is 18.0 Å². The number of hydrogen-bond acceptors (Lipinski definition) is 5. The van der Waals surface area contributed by atoms with Crippen LogP contribution in [0, 0.1) is 0 Å². The number of carbonyl (C=O) groups excluding carboxylic acids is 1. The van der Waals surface area contributed by atoms with E-state index in [9.17, 15) is 4.79 Å². The maximum Gasteiger partial charge on any atom is 0.410 e. The second kappa shape index (κ2) is 6.99. The number of ether oxygens (including phenoxy) is 2. The number of aromatic nitrogens is 2. The van der Waals surface area contributed by atoms with E-state index in [1.165, 1.54) is 5.56 Å². The zero-order valence-corrected chi connectivity index (χ0v) is 15.0. The van der Waals surface area contributed by atoms with Crippen LogP contribution in [0.4, 0.5) is 4.79 Å². The van der Waals surface area contributed by atoms with Gasteiger partial charge >= 0.3 is 6.09 Å². The highest BCUT2D eigenvalue weighted by Crippen LogP contribution is 2.32. The third kappa shape index (κ3) is 3.67. The van der Waals surface area contributed by atoms with E-state index in [1.807, 2.05) is 22.9 Å². The first-order valence-electron chi connectivity index (χ1n) is 8.96. The van der Waals surface area contributed by atoms with E-state index < -0.39 is 0 Å². The maximum atomic E-state index is 11.7. The van der Waals surface area contributed by atoms with Crippen molar-refractivity contribution in [2.24, 2.45) is 0 Å². The molecule has 0 saturated carbocycles. The van der Waals surface area contributed by atoms with E-state index >= 15 is 0 Å². The average molecular weight is 356 g/mol. The fourth-order valence-electron chi connectivity index (χ4n) is 3.70. The monoisotopic (exact) mass is 356 g/mol. The molecule has 2 aromatic rings. The van der Waals surface area contributed by atoms with Gasteiger partial charge in [0.05, 0.1) is 19.4 Å². The quantitative estimate of drug-likeness (QED) is 0.792. The number of rotatable bonds is 6. The lowest BCUT2D eigenvalue weighted by Gasteiger charge is -2.21. The van der Waals surface area contributed by atoms with Crippen molar-refractivity contribution in [1.82, 2.24) is 19.4 Å². The molecule has 1 atom stereocenters. The fourth-order valence-corrected chi connectivity index (χ4v) is 3.70. The molecule has 7 heteroatoms. The first-order chi connectivity index (χ1) is 12.6. The molecule has 0 radical (unpaired) electrons. The predicted octanol–water partition coefficient (Wildman–Crippen LogP) is 1.99. The van der Waals surface area contributed by atoms with E-state index in [0.717, 1.165) is 38.3 Å². The Balaban J connectivity index is 1.26. The molecular formula is C19H24N4O3. The van der Waals surface area contributed by atoms with Crippen LogP contribution >= 0.6 is 0 Å². The summed E-state index contributed by atoms with van der Waals surface area (Å²) in [5.41, 5.74) is 0.920. The standard InChI is InChI=1S/C19H24N4O3/c1-21-13-19(26-18(21)24)6-8-23(14-19)12-16-2-4-17(5-3-16)25-11-10-22-9-7-20-15-22/h2-5,7,9,15H,6,8,10-14H2,1H3. The van der Waals surface area contributed by atoms with Crippen molar-refractivity contribution in [3.05, 3.63) is 48.5 Å². The summed E-state index contributed by atoms with van der Waals surface area (Å²) < 4.78 is 13.4. The van der Waals surface area contributed by atoms with Gasteiger partial charge in [0.25, 0.3) is 0 Å². The Morgan fingerprint density at radius 1 is 1.27 bits per heavy atom. The molecule has 2 fully saturated rings. The van der Waals surface area contributed by atoms with Gasteiger partial charge in [-0.2, -0.15) is 0 Å². The highest BCUT2D eigenvalue weighted by atomic mass is 16.6. The van der Waals surface area contributed by atoms with Crippen LogP contribution in [0.25, 0.3) is 0 Å². The van der Waals surface area contributed by atoms with Crippen LogP contribution in [0.15, 0.2) is 43.0 Å². The van der Waals surface area contributed by atoms with E-state index in [0.29, 0.717) is 13.2 Å². The molecule has 1 aromatic heterocycles. The highest BCUT2D eigenvalue weighted by molar-refractivity contribution is 5.70. The van der Waals surface area contributed by atoms with Crippen molar-refractivity contribution in [1.29, 1.82) is 0 Å². The van der Waals surface area contributed by atoms with E-state index in [1.54, 1.807) is 24.5 Å². The Kier molecular flexibility index (Phi) is 4.55. The van der Waals surface area contributed by atoms with Gasteiger partial charge in [-0.15, -0.1) is 0 Å². The van der Waals surface area contributed by atoms with Crippen LogP contribution in [0.2, 0.25) is 0 Å². The van der Waals surface area contributed by atoms with Crippen molar-refractivity contribution in [3.63, 3.8) is 0 Å². The fraction of sp³-hybridized carbons (Fsp3) is 0.474. The lowest BCUT2D eigenvalue weighted by Crippen LogP contribution is -2.37. The molecule has 3 heterocycles. The largest absolute Gasteiger partial charge is 0.492 e. The smallest absolute Gasteiger partial charge is 0.410 e. The SMILES string of the molecule is CN1CC2(CCN(Cc3ccc(OCCn4ccnc4)cc3)C2)OC1=O. The molecule has 0 N–H and O–H groups in total. The maximum absolute atomic E-state index is 11.7. The van der Waals surface area contributed by atoms with Gasteiger partial charge in [0.2, 0.25) is 0 Å². The molecule has 0 bridgehead atoms. The van der Waals surface area contributed by atoms with Crippen LogP contribution < -0.4 is 4.74 Å². The number of imidazole rings is 1. The average Bonchev–Trinajstić information content (AvgIpc) is 3.33. The molecule has 2 aliphatic rings. The zero-order valence-electron chi connectivity index (χ0n) is 15.0. The third-order valence-electron chi connectivity index (χ3n) is 5.04. The van der Waals surface area contributed by atoms with Crippen molar-refractivity contribution in [2.45, 2.75) is 25.1 Å². The zero-order chi connectivity index (χ0) is 18.0. The molecule has 1 aromatic carbocycles. The number of carbonyl (C=O) groups is 1. The molecule has 138 valence electrons. The first kappa shape index (κ1) is 16.9. The second-order valence-corrected chi connectivity index (χ2v) is 7.16. The van der Waals surface area contributed by atoms with E-state index in [4.69, 9.17) is 9.47 Å². The normalized spacial score (nSPS) is 23.0.